The molecule has 92 valence electrons. The summed E-state index contributed by atoms with van der Waals surface area (Å²) in [6, 6.07) is 1.51. The standard InChI is InChI=1S/C11H11Cl2NO3/c1-3-17-9(16)5-8(15)7-4-6(2)10(12)14-11(7)13/h4H,3,5H2,1-2H3. The number of Topliss-reactive ketones (excluding diaryl/α,β-unsaturated/α-hetero) is 1. The van der Waals surface area contributed by atoms with Crippen molar-refractivity contribution in [1.82, 2.24) is 4.98 Å². The third-order valence-corrected chi connectivity index (χ3v) is 2.69. The maximum atomic E-state index is 11.7. The number of ether oxygens (including phenoxy) is 1. The Bertz CT molecular complexity index is 460. The van der Waals surface area contributed by atoms with Gasteiger partial charge < -0.3 is 4.74 Å². The quantitative estimate of drug-likeness (QED) is 0.367. The number of ketones is 1. The normalized spacial score (nSPS) is 10.1. The number of hydrogen-bond donors (Lipinski definition) is 0. The number of rotatable bonds is 4. The summed E-state index contributed by atoms with van der Waals surface area (Å²) in [4.78, 5) is 26.7. The van der Waals surface area contributed by atoms with Crippen LogP contribution < -0.4 is 0 Å². The molecule has 1 aromatic heterocycles. The third-order valence-electron chi connectivity index (χ3n) is 2.02. The first-order valence-corrected chi connectivity index (χ1v) is 5.72. The topological polar surface area (TPSA) is 56.3 Å². The monoisotopic (exact) mass is 275 g/mol. The number of pyridine rings is 1. The second-order valence-electron chi connectivity index (χ2n) is 3.34. The van der Waals surface area contributed by atoms with Gasteiger partial charge in [-0.1, -0.05) is 23.2 Å². The van der Waals surface area contributed by atoms with E-state index in [1.165, 1.54) is 6.07 Å². The molecule has 0 bridgehead atoms. The maximum Gasteiger partial charge on any atom is 0.313 e. The zero-order valence-corrected chi connectivity index (χ0v) is 10.9. The molecule has 0 fully saturated rings. The molecule has 0 N–H and O–H groups in total. The van der Waals surface area contributed by atoms with Crippen LogP contribution in [0.3, 0.4) is 0 Å². The molecule has 1 heterocycles. The van der Waals surface area contributed by atoms with E-state index in [4.69, 9.17) is 23.2 Å². The van der Waals surface area contributed by atoms with Gasteiger partial charge in [-0.15, -0.1) is 0 Å². The van der Waals surface area contributed by atoms with Crippen LogP contribution in [0.4, 0.5) is 0 Å². The SMILES string of the molecule is CCOC(=O)CC(=O)c1cc(C)c(Cl)nc1Cl. The Kier molecular flexibility index (Phi) is 4.90. The van der Waals surface area contributed by atoms with Crippen LogP contribution in [0.5, 0.6) is 0 Å². The fourth-order valence-electron chi connectivity index (χ4n) is 1.20. The van der Waals surface area contributed by atoms with Gasteiger partial charge >= 0.3 is 5.97 Å². The lowest BCUT2D eigenvalue weighted by Gasteiger charge is -2.05. The number of aromatic nitrogens is 1. The molecule has 1 rings (SSSR count). The first kappa shape index (κ1) is 13.9. The lowest BCUT2D eigenvalue weighted by atomic mass is 10.1. The van der Waals surface area contributed by atoms with Gasteiger partial charge in [0.2, 0.25) is 0 Å². The van der Waals surface area contributed by atoms with Gasteiger partial charge in [-0.25, -0.2) is 4.98 Å². The molecule has 17 heavy (non-hydrogen) atoms. The maximum absolute atomic E-state index is 11.7. The average Bonchev–Trinajstić information content (AvgIpc) is 2.23. The van der Waals surface area contributed by atoms with E-state index in [-0.39, 0.29) is 28.9 Å². The van der Waals surface area contributed by atoms with E-state index in [2.05, 4.69) is 9.72 Å². The Labute approximate surface area is 109 Å². The van der Waals surface area contributed by atoms with Gasteiger partial charge in [-0.3, -0.25) is 9.59 Å². The van der Waals surface area contributed by atoms with Crippen LogP contribution in [0.25, 0.3) is 0 Å². The molecule has 4 nitrogen and oxygen atoms in total. The van der Waals surface area contributed by atoms with Crippen LogP contribution in [-0.4, -0.2) is 23.3 Å². The van der Waals surface area contributed by atoms with Crippen molar-refractivity contribution in [1.29, 1.82) is 0 Å². The number of carbonyl (C=O) groups excluding carboxylic acids is 2. The average molecular weight is 276 g/mol. The smallest absolute Gasteiger partial charge is 0.313 e. The van der Waals surface area contributed by atoms with Crippen molar-refractivity contribution in [2.75, 3.05) is 6.61 Å². The molecule has 0 saturated carbocycles. The summed E-state index contributed by atoms with van der Waals surface area (Å²) < 4.78 is 4.68. The van der Waals surface area contributed by atoms with E-state index in [0.717, 1.165) is 0 Å². The minimum absolute atomic E-state index is 0.00472. The minimum atomic E-state index is -0.582. The van der Waals surface area contributed by atoms with Crippen molar-refractivity contribution < 1.29 is 14.3 Å². The highest BCUT2D eigenvalue weighted by molar-refractivity contribution is 6.35. The van der Waals surface area contributed by atoms with Gasteiger partial charge in [0.25, 0.3) is 0 Å². The van der Waals surface area contributed by atoms with Crippen LogP contribution in [0, 0.1) is 6.92 Å². The van der Waals surface area contributed by atoms with Crippen molar-refractivity contribution in [2.45, 2.75) is 20.3 Å². The summed E-state index contributed by atoms with van der Waals surface area (Å²) in [7, 11) is 0. The molecule has 0 saturated heterocycles. The predicted octanol–water partition coefficient (Wildman–Crippen LogP) is 2.83. The van der Waals surface area contributed by atoms with Crippen molar-refractivity contribution in [3.63, 3.8) is 0 Å². The highest BCUT2D eigenvalue weighted by Gasteiger charge is 2.17. The number of esters is 1. The molecule has 0 aliphatic carbocycles. The summed E-state index contributed by atoms with van der Waals surface area (Å²) in [5.41, 5.74) is 0.810. The van der Waals surface area contributed by atoms with E-state index in [1.54, 1.807) is 13.8 Å². The Hall–Kier alpha value is -1.13. The first-order valence-electron chi connectivity index (χ1n) is 4.97. The van der Waals surface area contributed by atoms with Crippen LogP contribution in [0.1, 0.15) is 29.3 Å². The largest absolute Gasteiger partial charge is 0.466 e. The summed E-state index contributed by atoms with van der Waals surface area (Å²) in [5.74, 6) is -1.01. The summed E-state index contributed by atoms with van der Waals surface area (Å²) in [5, 5.41) is 0.234. The minimum Gasteiger partial charge on any atom is -0.466 e. The molecule has 0 spiro atoms. The van der Waals surface area contributed by atoms with Crippen molar-refractivity contribution in [3.05, 3.63) is 27.5 Å². The Morgan fingerprint density at radius 2 is 2.00 bits per heavy atom. The van der Waals surface area contributed by atoms with Gasteiger partial charge in [-0.05, 0) is 25.5 Å². The van der Waals surface area contributed by atoms with E-state index in [0.29, 0.717) is 5.56 Å². The first-order chi connectivity index (χ1) is 7.95. The third kappa shape index (κ3) is 3.68. The van der Waals surface area contributed by atoms with E-state index in [9.17, 15) is 9.59 Å². The van der Waals surface area contributed by atoms with Crippen LogP contribution >= 0.6 is 23.2 Å². The highest BCUT2D eigenvalue weighted by Crippen LogP contribution is 2.22. The molecule has 0 atom stereocenters. The highest BCUT2D eigenvalue weighted by atomic mass is 35.5. The molecule has 0 amide bonds. The predicted molar refractivity (Wildman–Crippen MR) is 64.6 cm³/mol. The van der Waals surface area contributed by atoms with Crippen molar-refractivity contribution in [3.8, 4) is 0 Å². The van der Waals surface area contributed by atoms with E-state index in [1.807, 2.05) is 0 Å². The number of halogens is 2. The Morgan fingerprint density at radius 1 is 1.35 bits per heavy atom. The number of nitrogens with zero attached hydrogens (tertiary/aromatic N) is 1. The van der Waals surface area contributed by atoms with Crippen molar-refractivity contribution >= 4 is 35.0 Å². The van der Waals surface area contributed by atoms with Gasteiger partial charge in [0.05, 0.1) is 12.2 Å². The molecule has 0 aromatic carbocycles. The fourth-order valence-corrected chi connectivity index (χ4v) is 1.63. The lowest BCUT2D eigenvalue weighted by Crippen LogP contribution is -2.12. The van der Waals surface area contributed by atoms with Gasteiger partial charge in [0.15, 0.2) is 5.78 Å². The number of aryl methyl sites for hydroxylation is 1. The van der Waals surface area contributed by atoms with E-state index >= 15 is 0 Å². The summed E-state index contributed by atoms with van der Waals surface area (Å²) >= 11 is 11.5. The molecule has 1 aromatic rings. The van der Waals surface area contributed by atoms with Gasteiger partial charge in [-0.2, -0.15) is 0 Å². The molecule has 0 radical (unpaired) electrons. The zero-order chi connectivity index (χ0) is 13.0. The zero-order valence-electron chi connectivity index (χ0n) is 9.42. The van der Waals surface area contributed by atoms with Crippen molar-refractivity contribution in [2.24, 2.45) is 0 Å². The second-order valence-corrected chi connectivity index (χ2v) is 4.06. The molecule has 0 unspecified atom stereocenters. The van der Waals surface area contributed by atoms with Crippen LogP contribution in [0.15, 0.2) is 6.07 Å². The number of hydrogen-bond acceptors (Lipinski definition) is 4. The number of carbonyl (C=O) groups is 2. The van der Waals surface area contributed by atoms with Gasteiger partial charge in [0, 0.05) is 0 Å². The molecule has 0 aliphatic heterocycles. The lowest BCUT2D eigenvalue weighted by molar-refractivity contribution is -0.141. The summed E-state index contributed by atoms with van der Waals surface area (Å²) in [6.07, 6.45) is -0.351. The van der Waals surface area contributed by atoms with E-state index < -0.39 is 11.8 Å². The van der Waals surface area contributed by atoms with Crippen LogP contribution in [0.2, 0.25) is 10.3 Å². The Balaban J connectivity index is 2.89. The van der Waals surface area contributed by atoms with Gasteiger partial charge in [0.1, 0.15) is 16.7 Å². The fraction of sp³-hybridized carbons (Fsp3) is 0.364. The molecule has 0 aliphatic rings. The molecular formula is C11H11Cl2NO3. The second kappa shape index (κ2) is 5.98. The molecule has 6 heteroatoms. The van der Waals surface area contributed by atoms with Crippen LogP contribution in [-0.2, 0) is 9.53 Å². The summed E-state index contributed by atoms with van der Waals surface area (Å²) in [6.45, 7) is 3.61. The molecular weight excluding hydrogens is 265 g/mol. The Morgan fingerprint density at radius 3 is 2.59 bits per heavy atom.